The zero-order valence-electron chi connectivity index (χ0n) is 21.2. The number of hydrogen-bond acceptors (Lipinski definition) is 4. The van der Waals surface area contributed by atoms with Gasteiger partial charge in [0.2, 0.25) is 0 Å². The molecular weight excluding hydrogens is 462 g/mol. The molecule has 35 heavy (non-hydrogen) atoms. The van der Waals surface area contributed by atoms with E-state index in [0.29, 0.717) is 23.9 Å². The van der Waals surface area contributed by atoms with Crippen LogP contribution in [0.2, 0.25) is 5.02 Å². The maximum Gasteiger partial charge on any atom is 0.303 e. The third-order valence-corrected chi connectivity index (χ3v) is 7.09. The molecule has 0 aliphatic heterocycles. The Labute approximate surface area is 214 Å². The predicted octanol–water partition coefficient (Wildman–Crippen LogP) is 5.75. The molecule has 0 saturated carbocycles. The van der Waals surface area contributed by atoms with Crippen molar-refractivity contribution in [3.63, 3.8) is 0 Å². The van der Waals surface area contributed by atoms with Crippen LogP contribution >= 0.6 is 11.6 Å². The van der Waals surface area contributed by atoms with Crippen LogP contribution in [-0.4, -0.2) is 41.0 Å². The van der Waals surface area contributed by atoms with Crippen molar-refractivity contribution in [2.75, 3.05) is 13.2 Å². The molecule has 0 heterocycles. The number of carboxylic acids is 1. The molecule has 0 amide bonds. The van der Waals surface area contributed by atoms with E-state index in [0.717, 1.165) is 43.2 Å². The number of rotatable bonds is 14. The molecule has 0 saturated heterocycles. The summed E-state index contributed by atoms with van der Waals surface area (Å²) in [5.74, 6) is -0.214. The molecule has 1 aliphatic carbocycles. The van der Waals surface area contributed by atoms with Gasteiger partial charge in [0.1, 0.15) is 0 Å². The molecule has 0 unspecified atom stereocenters. The summed E-state index contributed by atoms with van der Waals surface area (Å²) in [6.45, 7) is 7.13. The minimum Gasteiger partial charge on any atom is -0.481 e. The number of carboxylic acid groups (broad SMARTS) is 1. The highest BCUT2D eigenvalue weighted by atomic mass is 35.5. The third-order valence-electron chi connectivity index (χ3n) is 6.85. The van der Waals surface area contributed by atoms with E-state index in [9.17, 15) is 9.90 Å². The van der Waals surface area contributed by atoms with Gasteiger partial charge in [-0.1, -0.05) is 55.3 Å². The highest BCUT2D eigenvalue weighted by molar-refractivity contribution is 6.30. The maximum absolute atomic E-state index is 11.1. The number of aliphatic carboxylic acids is 1. The summed E-state index contributed by atoms with van der Waals surface area (Å²) >= 11 is 6.25. The average molecular weight is 502 g/mol. The zero-order valence-corrected chi connectivity index (χ0v) is 22.0. The van der Waals surface area contributed by atoms with Crippen LogP contribution in [0.4, 0.5) is 0 Å². The van der Waals surface area contributed by atoms with Gasteiger partial charge in [-0.25, -0.2) is 0 Å². The summed E-state index contributed by atoms with van der Waals surface area (Å²) in [4.78, 5) is 11.1. The Bertz CT molecular complexity index is 952. The Morgan fingerprint density at radius 2 is 1.89 bits per heavy atom. The van der Waals surface area contributed by atoms with Gasteiger partial charge >= 0.3 is 5.97 Å². The van der Waals surface area contributed by atoms with E-state index in [-0.39, 0.29) is 24.7 Å². The molecule has 2 atom stereocenters. The van der Waals surface area contributed by atoms with Crippen molar-refractivity contribution < 1.29 is 19.7 Å². The van der Waals surface area contributed by atoms with E-state index in [1.54, 1.807) is 6.07 Å². The number of aliphatic hydroxyl groups excluding tert-OH is 1. The first-order valence-corrected chi connectivity index (χ1v) is 13.2. The lowest BCUT2D eigenvalue weighted by molar-refractivity contribution is -0.136. The van der Waals surface area contributed by atoms with Gasteiger partial charge in [0.25, 0.3) is 0 Å². The lowest BCUT2D eigenvalue weighted by atomic mass is 9.88. The minimum absolute atomic E-state index is 0.0567. The van der Waals surface area contributed by atoms with Gasteiger partial charge in [0, 0.05) is 23.5 Å². The summed E-state index contributed by atoms with van der Waals surface area (Å²) in [7, 11) is 0. The number of nitrogens with one attached hydrogen (secondary N) is 1. The zero-order chi connectivity index (χ0) is 25.4. The number of benzene rings is 2. The van der Waals surface area contributed by atoms with Crippen LogP contribution < -0.4 is 5.32 Å². The Kier molecular flexibility index (Phi) is 10.2. The molecule has 0 spiro atoms. The monoisotopic (exact) mass is 501 g/mol. The van der Waals surface area contributed by atoms with Crippen molar-refractivity contribution in [3.05, 3.63) is 69.7 Å². The number of β-amino-alcohol motifs (C(OH)–C–C–N with tert-alkyl or cyclic N) is 1. The van der Waals surface area contributed by atoms with Crippen molar-refractivity contribution >= 4 is 17.6 Å². The molecule has 1 aliphatic rings. The van der Waals surface area contributed by atoms with Crippen molar-refractivity contribution in [1.82, 2.24) is 5.32 Å². The second-order valence-corrected chi connectivity index (χ2v) is 10.9. The fourth-order valence-electron chi connectivity index (χ4n) is 5.19. The molecule has 6 heteroatoms. The molecule has 192 valence electrons. The van der Waals surface area contributed by atoms with E-state index in [4.69, 9.17) is 21.4 Å². The standard InChI is InChI=1S/C29H40ClNO4/c1-4-7-27(26-16-24(30)12-10-21(26)11-13-28(33)34)35-19-25(32)18-31-29(2,3)17-20-14-22-8-5-6-9-23(22)15-20/h5-6,8-10,12,16,20,25,27,31-32H,4,7,11,13-15,17-19H2,1-3H3,(H,33,34)/t25-,27-/m1/s1. The first-order chi connectivity index (χ1) is 16.7. The molecule has 3 rings (SSSR count). The lowest BCUT2D eigenvalue weighted by Gasteiger charge is -2.31. The second-order valence-electron chi connectivity index (χ2n) is 10.5. The van der Waals surface area contributed by atoms with Crippen molar-refractivity contribution in [2.45, 2.75) is 83.5 Å². The Morgan fingerprint density at radius 3 is 2.51 bits per heavy atom. The van der Waals surface area contributed by atoms with E-state index >= 15 is 0 Å². The second kappa shape index (κ2) is 12.9. The van der Waals surface area contributed by atoms with Crippen molar-refractivity contribution in [1.29, 1.82) is 0 Å². The van der Waals surface area contributed by atoms with E-state index < -0.39 is 12.1 Å². The quantitative estimate of drug-likeness (QED) is 0.307. The minimum atomic E-state index is -0.829. The summed E-state index contributed by atoms with van der Waals surface area (Å²) in [6, 6.07) is 14.2. The van der Waals surface area contributed by atoms with Gasteiger partial charge in [-0.3, -0.25) is 4.79 Å². The van der Waals surface area contributed by atoms with E-state index in [1.165, 1.54) is 11.1 Å². The number of halogens is 1. The Hall–Kier alpha value is -1.92. The average Bonchev–Trinajstić information content (AvgIpc) is 3.21. The lowest BCUT2D eigenvalue weighted by Crippen LogP contribution is -2.45. The van der Waals surface area contributed by atoms with Crippen molar-refractivity contribution in [3.8, 4) is 0 Å². The van der Waals surface area contributed by atoms with Crippen LogP contribution in [0.5, 0.6) is 0 Å². The molecule has 0 fully saturated rings. The molecule has 2 aromatic rings. The first-order valence-electron chi connectivity index (χ1n) is 12.8. The number of carbonyl (C=O) groups is 1. The molecule has 0 bridgehead atoms. The number of ether oxygens (including phenoxy) is 1. The summed E-state index contributed by atoms with van der Waals surface area (Å²) in [5.41, 5.74) is 4.69. The number of fused-ring (bicyclic) bond motifs is 1. The van der Waals surface area contributed by atoms with Gasteiger partial charge in [-0.15, -0.1) is 0 Å². The topological polar surface area (TPSA) is 78.8 Å². The molecule has 3 N–H and O–H groups in total. The van der Waals surface area contributed by atoms with E-state index in [2.05, 4.69) is 50.4 Å². The van der Waals surface area contributed by atoms with Gasteiger partial charge in [-0.2, -0.15) is 0 Å². The van der Waals surface area contributed by atoms with Gasteiger partial charge in [0.15, 0.2) is 0 Å². The SMILES string of the molecule is CCC[C@@H](OC[C@H](O)CNC(C)(C)CC1Cc2ccccc2C1)c1cc(Cl)ccc1CCC(=O)O. The summed E-state index contributed by atoms with van der Waals surface area (Å²) in [6.07, 6.45) is 4.57. The highest BCUT2D eigenvalue weighted by Gasteiger charge is 2.28. The molecule has 5 nitrogen and oxygen atoms in total. The van der Waals surface area contributed by atoms with Crippen LogP contribution in [0.1, 0.15) is 74.8 Å². The van der Waals surface area contributed by atoms with Crippen molar-refractivity contribution in [2.24, 2.45) is 5.92 Å². The number of aryl methyl sites for hydroxylation is 1. The molecular formula is C29H40ClNO4. The largest absolute Gasteiger partial charge is 0.481 e. The van der Waals surface area contributed by atoms with Gasteiger partial charge in [-0.05, 0) is 86.3 Å². The first kappa shape index (κ1) is 27.7. The van der Waals surface area contributed by atoms with Crippen LogP contribution in [0.15, 0.2) is 42.5 Å². The highest BCUT2D eigenvalue weighted by Crippen LogP contribution is 2.32. The van der Waals surface area contributed by atoms with Crippen LogP contribution in [0.3, 0.4) is 0 Å². The fourth-order valence-corrected chi connectivity index (χ4v) is 5.37. The van der Waals surface area contributed by atoms with Crippen LogP contribution in [-0.2, 0) is 28.8 Å². The van der Waals surface area contributed by atoms with Crippen LogP contribution in [0.25, 0.3) is 0 Å². The van der Waals surface area contributed by atoms with Gasteiger partial charge in [0.05, 0.1) is 18.8 Å². The summed E-state index contributed by atoms with van der Waals surface area (Å²) in [5, 5.41) is 23.9. The predicted molar refractivity (Wildman–Crippen MR) is 141 cm³/mol. The Morgan fingerprint density at radius 1 is 1.20 bits per heavy atom. The third kappa shape index (κ3) is 8.60. The number of hydrogen-bond donors (Lipinski definition) is 3. The van der Waals surface area contributed by atoms with E-state index in [1.807, 2.05) is 12.1 Å². The number of aliphatic hydroxyl groups is 1. The summed E-state index contributed by atoms with van der Waals surface area (Å²) < 4.78 is 6.18. The smallest absolute Gasteiger partial charge is 0.303 e. The fraction of sp³-hybridized carbons (Fsp3) is 0.552. The molecule has 0 radical (unpaired) electrons. The molecule has 0 aromatic heterocycles. The van der Waals surface area contributed by atoms with Gasteiger partial charge < -0.3 is 20.3 Å². The molecule has 2 aromatic carbocycles. The van der Waals surface area contributed by atoms with Crippen LogP contribution in [0, 0.1) is 5.92 Å². The normalized spacial score (nSPS) is 15.7. The maximum atomic E-state index is 11.1. The Balaban J connectivity index is 1.52.